The third-order valence-corrected chi connectivity index (χ3v) is 14.9. The predicted molar refractivity (Wildman–Crippen MR) is 329 cm³/mol. The largest absolute Gasteiger partial charge is 0.479 e. The summed E-state index contributed by atoms with van der Waals surface area (Å²) in [6, 6.07) is 11.7. The van der Waals surface area contributed by atoms with E-state index in [1.54, 1.807) is 64.4 Å². The minimum atomic E-state index is -2.05. The number of unbranched alkanes of at least 4 members (excludes halogenated alkanes) is 3. The summed E-state index contributed by atoms with van der Waals surface area (Å²) in [5.74, 6) is -5.89. The van der Waals surface area contributed by atoms with Crippen molar-refractivity contribution in [3.05, 3.63) is 111 Å². The van der Waals surface area contributed by atoms with E-state index in [9.17, 15) is 73.2 Å². The number of benzene rings is 2. The first kappa shape index (κ1) is 70.1. The quantitative estimate of drug-likeness (QED) is 0.0149. The van der Waals surface area contributed by atoms with Crippen LogP contribution in [0.25, 0.3) is 0 Å². The van der Waals surface area contributed by atoms with Gasteiger partial charge >= 0.3 is 18.2 Å². The van der Waals surface area contributed by atoms with Crippen LogP contribution < -0.4 is 47.5 Å². The van der Waals surface area contributed by atoms with Crippen LogP contribution in [0.4, 0.5) is 38.0 Å². The van der Waals surface area contributed by atoms with E-state index in [0.29, 0.717) is 30.0 Å². The number of carboxylic acid groups (broad SMARTS) is 1. The molecule has 1 saturated carbocycles. The van der Waals surface area contributed by atoms with E-state index in [4.69, 9.17) is 23.8 Å². The topological polar surface area (TPSA) is 410 Å². The summed E-state index contributed by atoms with van der Waals surface area (Å²) in [6.07, 6.45) is 0.187. The van der Waals surface area contributed by atoms with Crippen LogP contribution in [-0.2, 0) is 54.4 Å². The Kier molecular flexibility index (Phi) is 25.2. The fourth-order valence-corrected chi connectivity index (χ4v) is 10.2. The van der Waals surface area contributed by atoms with Crippen molar-refractivity contribution in [1.82, 2.24) is 30.5 Å². The first-order chi connectivity index (χ1) is 43.9. The van der Waals surface area contributed by atoms with Crippen LogP contribution in [0.5, 0.6) is 5.75 Å². The molecule has 496 valence electrons. The molecule has 0 bridgehead atoms. The van der Waals surface area contributed by atoms with Crippen LogP contribution in [0.3, 0.4) is 0 Å². The number of carbonyl (C=O) groups is 9. The SMILES string of the molecule is CCN(CCON(C(=O)CCCCCCNc1c(Nc2ccncc2)c(=O)c1=O)C1CCCCC1)C(=O)c1cccc(NC(=O)OCc2ccc(O[C@@H]3O[C@H](C(=O)O)[C@@H](O)[C@H](O)[C@H]3O)c(NC(=O)CCNC(=O)[C@H](CNC(=O)OC(C)(C)C)N3C(=O)C=CC3=O)c2)c1. The van der Waals surface area contributed by atoms with Gasteiger partial charge in [-0.05, 0) is 101 Å². The Balaban J connectivity index is 0.914. The number of aliphatic hydroxyl groups is 3. The zero-order chi connectivity index (χ0) is 66.6. The van der Waals surface area contributed by atoms with Gasteiger partial charge in [0.2, 0.25) is 24.0 Å². The summed E-state index contributed by atoms with van der Waals surface area (Å²) in [7, 11) is 0. The highest BCUT2D eigenvalue weighted by molar-refractivity contribution is 6.15. The molecule has 6 atom stereocenters. The summed E-state index contributed by atoms with van der Waals surface area (Å²) in [5, 5.41) is 58.5. The average Bonchev–Trinajstić information content (AvgIpc) is 0.966. The van der Waals surface area contributed by atoms with E-state index in [1.165, 1.54) is 40.3 Å². The number of aromatic nitrogens is 1. The van der Waals surface area contributed by atoms with E-state index in [1.807, 2.05) is 0 Å². The van der Waals surface area contributed by atoms with Gasteiger partial charge in [0.1, 0.15) is 53.7 Å². The molecule has 7 rings (SSSR count). The van der Waals surface area contributed by atoms with Crippen LogP contribution in [0.1, 0.15) is 114 Å². The van der Waals surface area contributed by atoms with Crippen molar-refractivity contribution in [3.63, 3.8) is 0 Å². The minimum absolute atomic E-state index is 0.0298. The molecule has 0 unspecified atom stereocenters. The van der Waals surface area contributed by atoms with Crippen LogP contribution >= 0.6 is 0 Å². The fourth-order valence-electron chi connectivity index (χ4n) is 10.2. The third kappa shape index (κ3) is 19.6. The third-order valence-electron chi connectivity index (χ3n) is 14.9. The molecule has 92 heavy (non-hydrogen) atoms. The second kappa shape index (κ2) is 33.1. The lowest BCUT2D eigenvalue weighted by Gasteiger charge is -2.38. The van der Waals surface area contributed by atoms with E-state index < -0.39 is 121 Å². The minimum Gasteiger partial charge on any atom is -0.479 e. The van der Waals surface area contributed by atoms with Crippen molar-refractivity contribution in [2.45, 2.75) is 153 Å². The van der Waals surface area contributed by atoms with Crippen molar-refractivity contribution < 1.29 is 87.4 Å². The monoisotopic (exact) mass is 1280 g/mol. The highest BCUT2D eigenvalue weighted by Gasteiger charge is 2.48. The van der Waals surface area contributed by atoms with Gasteiger partial charge in [0, 0.05) is 80.5 Å². The zero-order valence-electron chi connectivity index (χ0n) is 51.4. The first-order valence-corrected chi connectivity index (χ1v) is 30.3. The lowest BCUT2D eigenvalue weighted by molar-refractivity contribution is -0.271. The standard InChI is InChI=1S/C62H78N10O20/c1-5-70(30-31-89-72(40-16-9-8-10-17-40)47(76)18-11-6-7-12-26-64-48-49(51(78)50(48)77)67-38-23-27-63-28-24-38)57(83)37-14-13-15-39(33-37)68-61(87)88-35-36-19-20-43(90-59-54(81)52(79)53(80)55(91-59)58(84)85)41(32-36)69-44(73)25-29-65-56(82)42(71-45(74)21-22-46(71)75)34-66-60(86)92-62(2,3)4/h13-15,19-24,27-28,32-33,40,42,52-55,59,64,79-81H,5-12,16-18,25-26,29-31,34-35H2,1-4H3,(H,63,67)(H,65,82)(H,66,86)(H,68,87)(H,69,73)(H,84,85)/t42-,52-,53-,54+,55-,59+/m0/s1. The van der Waals surface area contributed by atoms with Gasteiger partial charge < -0.3 is 70.9 Å². The number of amides is 8. The van der Waals surface area contributed by atoms with E-state index in [-0.39, 0.29) is 83.6 Å². The molecule has 4 aromatic rings. The summed E-state index contributed by atoms with van der Waals surface area (Å²) in [6.45, 7) is 6.10. The zero-order valence-corrected chi connectivity index (χ0v) is 51.4. The molecule has 2 aliphatic heterocycles. The number of aliphatic hydroxyl groups excluding tert-OH is 3. The van der Waals surface area contributed by atoms with Gasteiger partial charge in [0.05, 0.1) is 24.9 Å². The Morgan fingerprint density at radius 3 is 2.17 bits per heavy atom. The highest BCUT2D eigenvalue weighted by atomic mass is 16.7. The number of likely N-dealkylation sites (N-methyl/N-ethyl adjacent to an activating group) is 1. The predicted octanol–water partition coefficient (Wildman–Crippen LogP) is 3.32. The van der Waals surface area contributed by atoms with Gasteiger partial charge in [-0.3, -0.25) is 58.4 Å². The maximum absolute atomic E-state index is 13.9. The van der Waals surface area contributed by atoms with Crippen molar-refractivity contribution in [1.29, 1.82) is 0 Å². The molecule has 0 spiro atoms. The van der Waals surface area contributed by atoms with E-state index >= 15 is 0 Å². The van der Waals surface area contributed by atoms with Crippen LogP contribution in [-0.4, -0.2) is 182 Å². The molecule has 0 radical (unpaired) electrons. The maximum atomic E-state index is 13.9. The van der Waals surface area contributed by atoms with Gasteiger partial charge in [-0.25, -0.2) is 19.4 Å². The number of alkyl carbamates (subject to hydrolysis) is 1. The lowest BCUT2D eigenvalue weighted by Crippen LogP contribution is -2.61. The molecule has 2 fully saturated rings. The molecule has 30 nitrogen and oxygen atoms in total. The molecular formula is C62H78N10O20. The molecule has 30 heteroatoms. The number of imide groups is 1. The second-order valence-corrected chi connectivity index (χ2v) is 22.9. The number of rotatable bonds is 31. The van der Waals surface area contributed by atoms with Crippen LogP contribution in [0.15, 0.2) is 88.7 Å². The molecule has 3 aliphatic rings. The lowest BCUT2D eigenvalue weighted by atomic mass is 9.95. The highest BCUT2D eigenvalue weighted by Crippen LogP contribution is 2.32. The number of nitrogens with zero attached hydrogens (tertiary/aromatic N) is 4. The smallest absolute Gasteiger partial charge is 0.411 e. The second-order valence-electron chi connectivity index (χ2n) is 22.9. The van der Waals surface area contributed by atoms with Gasteiger partial charge in [-0.2, -0.15) is 0 Å². The molecule has 1 aliphatic carbocycles. The number of ether oxygens (including phenoxy) is 4. The number of hydrogen-bond acceptors (Lipinski definition) is 22. The summed E-state index contributed by atoms with van der Waals surface area (Å²) < 4.78 is 21.7. The number of nitrogens with one attached hydrogen (secondary N) is 6. The number of hydroxylamine groups is 2. The first-order valence-electron chi connectivity index (χ1n) is 30.3. The number of aliphatic carboxylic acids is 1. The summed E-state index contributed by atoms with van der Waals surface area (Å²) >= 11 is 0. The number of anilines is 5. The Bertz CT molecular complexity index is 3360. The van der Waals surface area contributed by atoms with E-state index in [0.717, 1.165) is 57.1 Å². The Hall–Kier alpha value is -9.36. The Morgan fingerprint density at radius 1 is 0.772 bits per heavy atom. The van der Waals surface area contributed by atoms with Crippen molar-refractivity contribution >= 4 is 82.0 Å². The molecular weight excluding hydrogens is 1200 g/mol. The van der Waals surface area contributed by atoms with Gasteiger partial charge in [-0.15, -0.1) is 0 Å². The fraction of sp³-hybridized carbons (Fsp3) is 0.484. The number of hydrogen-bond donors (Lipinski definition) is 10. The molecule has 3 aromatic carbocycles. The normalized spacial score (nSPS) is 18.5. The van der Waals surface area contributed by atoms with E-state index in [2.05, 4.69) is 36.9 Å². The van der Waals surface area contributed by atoms with Crippen molar-refractivity contribution in [2.75, 3.05) is 60.6 Å². The van der Waals surface area contributed by atoms with Crippen LogP contribution in [0.2, 0.25) is 0 Å². The van der Waals surface area contributed by atoms with Gasteiger partial charge in [0.25, 0.3) is 28.6 Å². The average molecular weight is 1280 g/mol. The molecule has 8 amide bonds. The number of pyridine rings is 1. The molecule has 10 N–H and O–H groups in total. The maximum Gasteiger partial charge on any atom is 0.411 e. The molecule has 1 aromatic heterocycles. The number of carbonyl (C=O) groups excluding carboxylic acids is 8. The van der Waals surface area contributed by atoms with Crippen molar-refractivity contribution in [2.24, 2.45) is 0 Å². The van der Waals surface area contributed by atoms with Gasteiger partial charge in [0.15, 0.2) is 6.10 Å². The van der Waals surface area contributed by atoms with Crippen molar-refractivity contribution in [3.8, 4) is 5.75 Å². The Morgan fingerprint density at radius 2 is 1.48 bits per heavy atom. The van der Waals surface area contributed by atoms with Gasteiger partial charge in [-0.1, -0.05) is 44.2 Å². The summed E-state index contributed by atoms with van der Waals surface area (Å²) in [5.41, 5.74) is -0.529. The number of carboxylic acids is 1. The molecule has 1 saturated heterocycles. The van der Waals surface area contributed by atoms with Crippen LogP contribution in [0, 0.1) is 0 Å². The Labute approximate surface area is 528 Å². The molecule has 3 heterocycles. The summed E-state index contributed by atoms with van der Waals surface area (Å²) in [4.78, 5) is 154.